The topological polar surface area (TPSA) is 30.5 Å². The van der Waals surface area contributed by atoms with E-state index in [9.17, 15) is 0 Å². The van der Waals surface area contributed by atoms with E-state index in [4.69, 9.17) is 21.1 Å². The predicted molar refractivity (Wildman–Crippen MR) is 87.4 cm³/mol. The van der Waals surface area contributed by atoms with Gasteiger partial charge in [-0.1, -0.05) is 18.5 Å². The van der Waals surface area contributed by atoms with Gasteiger partial charge in [0.15, 0.2) is 0 Å². The molecule has 2 rings (SSSR count). The van der Waals surface area contributed by atoms with Crippen LogP contribution >= 0.6 is 11.6 Å². The van der Waals surface area contributed by atoms with Crippen LogP contribution in [0.15, 0.2) is 18.2 Å². The molecule has 1 heterocycles. The lowest BCUT2D eigenvalue weighted by Gasteiger charge is -2.21. The molecule has 0 saturated carbocycles. The van der Waals surface area contributed by atoms with Crippen molar-refractivity contribution in [3.63, 3.8) is 0 Å². The van der Waals surface area contributed by atoms with Crippen LogP contribution in [0.2, 0.25) is 5.02 Å². The number of nitrogens with one attached hydrogen (secondary N) is 1. The van der Waals surface area contributed by atoms with Crippen molar-refractivity contribution in [2.45, 2.75) is 51.2 Å². The molecule has 1 N–H and O–H groups in total. The van der Waals surface area contributed by atoms with E-state index >= 15 is 0 Å². The predicted octanol–water partition coefficient (Wildman–Crippen LogP) is 3.83. The van der Waals surface area contributed by atoms with Gasteiger partial charge in [0.2, 0.25) is 0 Å². The van der Waals surface area contributed by atoms with Gasteiger partial charge in [-0.15, -0.1) is 0 Å². The summed E-state index contributed by atoms with van der Waals surface area (Å²) in [5, 5.41) is 4.34. The van der Waals surface area contributed by atoms with Gasteiger partial charge in [-0.05, 0) is 62.4 Å². The number of likely N-dealkylation sites (N-methyl/N-ethyl adjacent to an activating group) is 1. The molecule has 1 saturated heterocycles. The summed E-state index contributed by atoms with van der Waals surface area (Å²) in [6.45, 7) is 4.05. The average Bonchev–Trinajstić information content (AvgIpc) is 2.98. The van der Waals surface area contributed by atoms with Crippen molar-refractivity contribution in [1.82, 2.24) is 5.32 Å². The van der Waals surface area contributed by atoms with Crippen LogP contribution in [-0.4, -0.2) is 32.4 Å². The SMILES string of the molecule is CCNC(CCC1CCCO1)Cc1cc(Cl)ccc1OC. The van der Waals surface area contributed by atoms with Gasteiger partial charge in [0, 0.05) is 17.7 Å². The quantitative estimate of drug-likeness (QED) is 0.791. The molecule has 2 atom stereocenters. The van der Waals surface area contributed by atoms with Gasteiger partial charge in [-0.2, -0.15) is 0 Å². The fraction of sp³-hybridized carbons (Fsp3) is 0.647. The number of benzene rings is 1. The van der Waals surface area contributed by atoms with Crippen LogP contribution in [0.1, 0.15) is 38.2 Å². The fourth-order valence-corrected chi connectivity index (χ4v) is 3.19. The Balaban J connectivity index is 1.96. The normalized spacial score (nSPS) is 19.7. The van der Waals surface area contributed by atoms with Crippen molar-refractivity contribution in [2.75, 3.05) is 20.3 Å². The molecule has 21 heavy (non-hydrogen) atoms. The molecule has 0 amide bonds. The number of methoxy groups -OCH3 is 1. The molecule has 1 aliphatic rings. The zero-order valence-electron chi connectivity index (χ0n) is 13.0. The van der Waals surface area contributed by atoms with E-state index in [1.54, 1.807) is 7.11 Å². The molecule has 0 bridgehead atoms. The molecule has 0 spiro atoms. The fourth-order valence-electron chi connectivity index (χ4n) is 3.00. The standard InChI is InChI=1S/C17H26ClNO2/c1-3-19-15(7-8-16-5-4-10-21-16)12-13-11-14(18)6-9-17(13)20-2/h6,9,11,15-16,19H,3-5,7-8,10,12H2,1-2H3. The molecule has 0 radical (unpaired) electrons. The maximum Gasteiger partial charge on any atom is 0.122 e. The summed E-state index contributed by atoms with van der Waals surface area (Å²) in [5.74, 6) is 0.916. The minimum atomic E-state index is 0.437. The van der Waals surface area contributed by atoms with E-state index < -0.39 is 0 Å². The first-order valence-corrected chi connectivity index (χ1v) is 8.28. The van der Waals surface area contributed by atoms with Gasteiger partial charge in [0.05, 0.1) is 13.2 Å². The van der Waals surface area contributed by atoms with Gasteiger partial charge in [-0.3, -0.25) is 0 Å². The summed E-state index contributed by atoms with van der Waals surface area (Å²) < 4.78 is 11.2. The minimum absolute atomic E-state index is 0.437. The van der Waals surface area contributed by atoms with Crippen LogP contribution in [0.5, 0.6) is 5.75 Å². The largest absolute Gasteiger partial charge is 0.496 e. The first kappa shape index (κ1) is 16.6. The van der Waals surface area contributed by atoms with Crippen molar-refractivity contribution >= 4 is 11.6 Å². The first-order chi connectivity index (χ1) is 10.2. The maximum absolute atomic E-state index is 6.12. The highest BCUT2D eigenvalue weighted by atomic mass is 35.5. The van der Waals surface area contributed by atoms with Crippen molar-refractivity contribution in [3.8, 4) is 5.75 Å². The van der Waals surface area contributed by atoms with E-state index in [1.807, 2.05) is 18.2 Å². The number of ether oxygens (including phenoxy) is 2. The average molecular weight is 312 g/mol. The van der Waals surface area contributed by atoms with E-state index in [2.05, 4.69) is 12.2 Å². The van der Waals surface area contributed by atoms with Crippen LogP contribution in [0.4, 0.5) is 0 Å². The molecule has 1 aromatic rings. The summed E-state index contributed by atoms with van der Waals surface area (Å²) in [4.78, 5) is 0. The summed E-state index contributed by atoms with van der Waals surface area (Å²) in [7, 11) is 1.71. The Kier molecular flexibility index (Phi) is 6.81. The molecule has 3 nitrogen and oxygen atoms in total. The van der Waals surface area contributed by atoms with Gasteiger partial charge in [0.1, 0.15) is 5.75 Å². The van der Waals surface area contributed by atoms with Crippen LogP contribution in [-0.2, 0) is 11.2 Å². The Hall–Kier alpha value is -0.770. The van der Waals surface area contributed by atoms with Crippen LogP contribution in [0, 0.1) is 0 Å². The second-order valence-corrected chi connectivity index (χ2v) is 6.06. The summed E-state index contributed by atoms with van der Waals surface area (Å²) >= 11 is 6.12. The molecule has 1 fully saturated rings. The van der Waals surface area contributed by atoms with E-state index in [0.717, 1.165) is 43.2 Å². The van der Waals surface area contributed by atoms with Gasteiger partial charge in [-0.25, -0.2) is 0 Å². The third-order valence-electron chi connectivity index (χ3n) is 4.06. The Labute approximate surface area is 133 Å². The number of rotatable bonds is 8. The molecule has 1 aliphatic heterocycles. The van der Waals surface area contributed by atoms with Crippen molar-refractivity contribution in [1.29, 1.82) is 0 Å². The summed E-state index contributed by atoms with van der Waals surface area (Å²) in [5.41, 5.74) is 1.17. The monoisotopic (exact) mass is 311 g/mol. The Morgan fingerprint density at radius 1 is 1.48 bits per heavy atom. The van der Waals surface area contributed by atoms with Crippen molar-refractivity contribution < 1.29 is 9.47 Å². The molecule has 118 valence electrons. The highest BCUT2D eigenvalue weighted by Crippen LogP contribution is 2.25. The smallest absolute Gasteiger partial charge is 0.122 e. The highest BCUT2D eigenvalue weighted by Gasteiger charge is 2.18. The molecule has 1 aromatic carbocycles. The van der Waals surface area contributed by atoms with Gasteiger partial charge >= 0.3 is 0 Å². The second kappa shape index (κ2) is 8.62. The minimum Gasteiger partial charge on any atom is -0.496 e. The first-order valence-electron chi connectivity index (χ1n) is 7.90. The molecule has 4 heteroatoms. The Morgan fingerprint density at radius 3 is 3.00 bits per heavy atom. The lowest BCUT2D eigenvalue weighted by atomic mass is 9.98. The van der Waals surface area contributed by atoms with E-state index in [1.165, 1.54) is 18.4 Å². The van der Waals surface area contributed by atoms with Crippen LogP contribution in [0.25, 0.3) is 0 Å². The Bertz CT molecular complexity index is 433. The number of halogens is 1. The molecule has 0 aromatic heterocycles. The number of hydrogen-bond acceptors (Lipinski definition) is 3. The van der Waals surface area contributed by atoms with Crippen molar-refractivity contribution in [3.05, 3.63) is 28.8 Å². The highest BCUT2D eigenvalue weighted by molar-refractivity contribution is 6.30. The number of hydrogen-bond donors (Lipinski definition) is 1. The Morgan fingerprint density at radius 2 is 2.33 bits per heavy atom. The molecular formula is C17H26ClNO2. The van der Waals surface area contributed by atoms with Crippen molar-refractivity contribution in [2.24, 2.45) is 0 Å². The maximum atomic E-state index is 6.12. The second-order valence-electron chi connectivity index (χ2n) is 5.63. The lowest BCUT2D eigenvalue weighted by molar-refractivity contribution is 0.0996. The zero-order chi connectivity index (χ0) is 15.1. The van der Waals surface area contributed by atoms with Crippen LogP contribution in [0.3, 0.4) is 0 Å². The summed E-state index contributed by atoms with van der Waals surface area (Å²) in [6.07, 6.45) is 6.05. The third-order valence-corrected chi connectivity index (χ3v) is 4.30. The van der Waals surface area contributed by atoms with Gasteiger partial charge in [0.25, 0.3) is 0 Å². The van der Waals surface area contributed by atoms with Gasteiger partial charge < -0.3 is 14.8 Å². The zero-order valence-corrected chi connectivity index (χ0v) is 13.8. The molecule has 2 unspecified atom stereocenters. The molecular weight excluding hydrogens is 286 g/mol. The van der Waals surface area contributed by atoms with E-state index in [0.29, 0.717) is 12.1 Å². The lowest BCUT2D eigenvalue weighted by Crippen LogP contribution is -2.32. The van der Waals surface area contributed by atoms with E-state index in [-0.39, 0.29) is 0 Å². The molecule has 0 aliphatic carbocycles. The third kappa shape index (κ3) is 5.17. The van der Waals surface area contributed by atoms with Crippen LogP contribution < -0.4 is 10.1 Å². The summed E-state index contributed by atoms with van der Waals surface area (Å²) in [6, 6.07) is 6.27.